The number of carboxylic acid groups (broad SMARTS) is 1. The van der Waals surface area contributed by atoms with E-state index in [1.165, 1.54) is 10.5 Å². The summed E-state index contributed by atoms with van der Waals surface area (Å²) in [4.78, 5) is 26.1. The van der Waals surface area contributed by atoms with E-state index in [-0.39, 0.29) is 23.6 Å². The predicted octanol–water partition coefficient (Wildman–Crippen LogP) is 2.27. The Bertz CT molecular complexity index is 491. The van der Waals surface area contributed by atoms with Crippen LogP contribution in [0.3, 0.4) is 0 Å². The van der Waals surface area contributed by atoms with Crippen LogP contribution in [-0.4, -0.2) is 40.2 Å². The first-order chi connectivity index (χ1) is 9.47. The number of hydrogen-bond donors (Lipinski definition) is 1. The van der Waals surface area contributed by atoms with Gasteiger partial charge in [0.25, 0.3) is 0 Å². The molecular formula is C15H19NO3S. The Morgan fingerprint density at radius 2 is 2.10 bits per heavy atom. The van der Waals surface area contributed by atoms with Crippen molar-refractivity contribution >= 4 is 23.6 Å². The molecule has 0 saturated carbocycles. The van der Waals surface area contributed by atoms with Gasteiger partial charge in [-0.1, -0.05) is 32.0 Å². The fourth-order valence-corrected chi connectivity index (χ4v) is 3.64. The van der Waals surface area contributed by atoms with Crippen LogP contribution in [0.25, 0.3) is 0 Å². The summed E-state index contributed by atoms with van der Waals surface area (Å²) in [5.74, 6) is -0.770. The van der Waals surface area contributed by atoms with Crippen molar-refractivity contribution in [3.8, 4) is 0 Å². The molecule has 1 atom stereocenters. The zero-order valence-electron chi connectivity index (χ0n) is 11.7. The molecule has 0 radical (unpaired) electrons. The Kier molecular flexibility index (Phi) is 4.70. The van der Waals surface area contributed by atoms with E-state index in [1.807, 2.05) is 38.1 Å². The third-order valence-corrected chi connectivity index (χ3v) is 4.45. The number of carbonyl (C=O) groups excluding carboxylic acids is 1. The third kappa shape index (κ3) is 3.54. The monoisotopic (exact) mass is 293 g/mol. The molecule has 0 aromatic heterocycles. The lowest BCUT2D eigenvalue weighted by Crippen LogP contribution is -2.42. The normalized spacial score (nSPS) is 17.1. The average molecular weight is 293 g/mol. The number of hydrogen-bond acceptors (Lipinski definition) is 3. The van der Waals surface area contributed by atoms with Gasteiger partial charge in [-0.15, -0.1) is 11.8 Å². The first kappa shape index (κ1) is 14.9. The van der Waals surface area contributed by atoms with Gasteiger partial charge in [-0.2, -0.15) is 0 Å². The largest absolute Gasteiger partial charge is 0.480 e. The van der Waals surface area contributed by atoms with Crippen molar-refractivity contribution in [2.45, 2.75) is 30.4 Å². The van der Waals surface area contributed by atoms with Gasteiger partial charge in [0.1, 0.15) is 6.54 Å². The van der Waals surface area contributed by atoms with Gasteiger partial charge in [0, 0.05) is 11.4 Å². The topological polar surface area (TPSA) is 57.6 Å². The van der Waals surface area contributed by atoms with Crippen LogP contribution in [0.5, 0.6) is 0 Å². The summed E-state index contributed by atoms with van der Waals surface area (Å²) in [6, 6.07) is 7.97. The summed E-state index contributed by atoms with van der Waals surface area (Å²) in [5, 5.41) is 8.77. The summed E-state index contributed by atoms with van der Waals surface area (Å²) in [5.41, 5.74) is 1.18. The molecule has 108 valence electrons. The lowest BCUT2D eigenvalue weighted by Gasteiger charge is -2.25. The highest BCUT2D eigenvalue weighted by Crippen LogP contribution is 2.37. The van der Waals surface area contributed by atoms with Gasteiger partial charge in [0.15, 0.2) is 0 Å². The van der Waals surface area contributed by atoms with Crippen LogP contribution >= 0.6 is 11.8 Å². The third-order valence-electron chi connectivity index (χ3n) is 3.15. The number of fused-ring (bicyclic) bond motifs is 1. The molecule has 5 heteroatoms. The van der Waals surface area contributed by atoms with Crippen LogP contribution < -0.4 is 0 Å². The van der Waals surface area contributed by atoms with Crippen LogP contribution in [0, 0.1) is 5.92 Å². The first-order valence-corrected chi connectivity index (χ1v) is 7.60. The zero-order chi connectivity index (χ0) is 14.7. The number of aliphatic carboxylic acids is 1. The molecule has 0 aliphatic carbocycles. The van der Waals surface area contributed by atoms with Gasteiger partial charge < -0.3 is 10.0 Å². The molecule has 0 fully saturated rings. The number of rotatable bonds is 5. The summed E-state index contributed by atoms with van der Waals surface area (Å²) >= 11 is 1.54. The quantitative estimate of drug-likeness (QED) is 0.905. The van der Waals surface area contributed by atoms with Gasteiger partial charge in [-0.3, -0.25) is 9.59 Å². The highest BCUT2D eigenvalue weighted by molar-refractivity contribution is 8.01. The highest BCUT2D eigenvalue weighted by Gasteiger charge is 2.32. The molecule has 1 aromatic rings. The molecule has 1 aromatic carbocycles. The number of amides is 1. The highest BCUT2D eigenvalue weighted by atomic mass is 32.2. The number of nitrogens with zero attached hydrogens (tertiary/aromatic N) is 1. The SMILES string of the molecule is CC(C)CN(CC(=O)O)C(=O)C1Cc2ccccc2S1. The van der Waals surface area contributed by atoms with E-state index in [4.69, 9.17) is 5.11 Å². The molecule has 1 aliphatic rings. The summed E-state index contributed by atoms with van der Waals surface area (Å²) in [7, 11) is 0. The van der Waals surface area contributed by atoms with E-state index in [2.05, 4.69) is 0 Å². The lowest BCUT2D eigenvalue weighted by molar-refractivity contribution is -0.144. The standard InChI is InChI=1S/C15H19NO3S/c1-10(2)8-16(9-14(17)18)15(19)13-7-11-5-3-4-6-12(11)20-13/h3-6,10,13H,7-9H2,1-2H3,(H,17,18). The number of carbonyl (C=O) groups is 2. The first-order valence-electron chi connectivity index (χ1n) is 6.72. The minimum Gasteiger partial charge on any atom is -0.480 e. The van der Waals surface area contributed by atoms with Crippen molar-refractivity contribution in [1.29, 1.82) is 0 Å². The Balaban J connectivity index is 2.07. The molecule has 0 spiro atoms. The maximum Gasteiger partial charge on any atom is 0.323 e. The molecule has 2 rings (SSSR count). The molecule has 1 heterocycles. The van der Waals surface area contributed by atoms with Crippen molar-refractivity contribution in [3.05, 3.63) is 29.8 Å². The number of carboxylic acids is 1. The van der Waals surface area contributed by atoms with E-state index in [0.717, 1.165) is 4.90 Å². The molecule has 1 aliphatic heterocycles. The van der Waals surface area contributed by atoms with Crippen LogP contribution in [0.4, 0.5) is 0 Å². The predicted molar refractivity (Wildman–Crippen MR) is 78.8 cm³/mol. The second-order valence-electron chi connectivity index (χ2n) is 5.42. The number of benzene rings is 1. The molecule has 1 N–H and O–H groups in total. The van der Waals surface area contributed by atoms with Gasteiger partial charge in [-0.25, -0.2) is 0 Å². The van der Waals surface area contributed by atoms with Crippen molar-refractivity contribution in [1.82, 2.24) is 4.90 Å². The molecule has 0 bridgehead atoms. The second kappa shape index (κ2) is 6.31. The smallest absolute Gasteiger partial charge is 0.323 e. The zero-order valence-corrected chi connectivity index (χ0v) is 12.5. The minimum atomic E-state index is -0.959. The molecule has 1 unspecified atom stereocenters. The van der Waals surface area contributed by atoms with Crippen LogP contribution in [0.2, 0.25) is 0 Å². The van der Waals surface area contributed by atoms with Gasteiger partial charge in [-0.05, 0) is 24.0 Å². The molecule has 0 saturated heterocycles. The Hall–Kier alpha value is -1.49. The van der Waals surface area contributed by atoms with E-state index < -0.39 is 5.97 Å². The second-order valence-corrected chi connectivity index (χ2v) is 6.67. The van der Waals surface area contributed by atoms with Crippen molar-refractivity contribution in [2.24, 2.45) is 5.92 Å². The molecule has 20 heavy (non-hydrogen) atoms. The van der Waals surface area contributed by atoms with Crippen molar-refractivity contribution in [2.75, 3.05) is 13.1 Å². The average Bonchev–Trinajstić information content (AvgIpc) is 2.79. The maximum absolute atomic E-state index is 12.5. The van der Waals surface area contributed by atoms with Gasteiger partial charge in [0.05, 0.1) is 5.25 Å². The Morgan fingerprint density at radius 3 is 2.70 bits per heavy atom. The summed E-state index contributed by atoms with van der Waals surface area (Å²) < 4.78 is 0. The fourth-order valence-electron chi connectivity index (χ4n) is 2.36. The number of thioether (sulfide) groups is 1. The van der Waals surface area contributed by atoms with E-state index >= 15 is 0 Å². The maximum atomic E-state index is 12.5. The van der Waals surface area contributed by atoms with Crippen LogP contribution in [-0.2, 0) is 16.0 Å². The molecular weight excluding hydrogens is 274 g/mol. The Morgan fingerprint density at radius 1 is 1.40 bits per heavy atom. The van der Waals surface area contributed by atoms with E-state index in [1.54, 1.807) is 11.8 Å². The van der Waals surface area contributed by atoms with Crippen LogP contribution in [0.15, 0.2) is 29.2 Å². The lowest BCUT2D eigenvalue weighted by atomic mass is 10.1. The van der Waals surface area contributed by atoms with E-state index in [0.29, 0.717) is 13.0 Å². The van der Waals surface area contributed by atoms with E-state index in [9.17, 15) is 9.59 Å². The van der Waals surface area contributed by atoms with Gasteiger partial charge in [0.2, 0.25) is 5.91 Å². The minimum absolute atomic E-state index is 0.0673. The van der Waals surface area contributed by atoms with Crippen molar-refractivity contribution < 1.29 is 14.7 Å². The molecule has 4 nitrogen and oxygen atoms in total. The fraction of sp³-hybridized carbons (Fsp3) is 0.467. The van der Waals surface area contributed by atoms with Crippen LogP contribution in [0.1, 0.15) is 19.4 Å². The Labute approximate surface area is 123 Å². The van der Waals surface area contributed by atoms with Gasteiger partial charge >= 0.3 is 5.97 Å². The van der Waals surface area contributed by atoms with Crippen molar-refractivity contribution in [3.63, 3.8) is 0 Å². The molecule has 1 amide bonds. The summed E-state index contributed by atoms with van der Waals surface area (Å²) in [6.07, 6.45) is 0.688. The summed E-state index contributed by atoms with van der Waals surface area (Å²) in [6.45, 7) is 4.24.